The Kier molecular flexibility index (Phi) is 8.37. The maximum Gasteiger partial charge on any atom is 0.416 e. The third kappa shape index (κ3) is 7.13. The zero-order chi connectivity index (χ0) is 26.1. The van der Waals surface area contributed by atoms with Gasteiger partial charge >= 0.3 is 18.4 Å². The van der Waals surface area contributed by atoms with Gasteiger partial charge in [0.05, 0.1) is 16.6 Å². The number of amides is 2. The number of nitrogens with zero attached hydrogens (tertiary/aromatic N) is 2. The minimum atomic E-state index is -5.03. The monoisotopic (exact) mass is 653 g/mol. The van der Waals surface area contributed by atoms with Crippen LogP contribution in [0, 0.1) is 3.57 Å². The van der Waals surface area contributed by atoms with Gasteiger partial charge in [0, 0.05) is 26.0 Å². The van der Waals surface area contributed by atoms with Gasteiger partial charge in [-0.25, -0.2) is 14.8 Å². The average Bonchev–Trinajstić information content (AvgIpc) is 2.78. The number of hydrogen-bond acceptors (Lipinski definition) is 4. The Hall–Kier alpha value is -3.33. The molecular weight excluding hydrogens is 639 g/mol. The van der Waals surface area contributed by atoms with Crippen molar-refractivity contribution in [3.05, 3.63) is 81.7 Å². The molecule has 2 amide bonds. The smallest absolute Gasteiger partial charge is 0.340 e. The highest BCUT2D eigenvalue weighted by Gasteiger charge is 2.37. The maximum absolute atomic E-state index is 13.1. The Morgan fingerprint density at radius 3 is 2.03 bits per heavy atom. The lowest BCUT2D eigenvalue weighted by atomic mass is 10.1. The van der Waals surface area contributed by atoms with Crippen molar-refractivity contribution in [2.75, 3.05) is 16.0 Å². The number of hydrogen-bond donors (Lipinski definition) is 3. The summed E-state index contributed by atoms with van der Waals surface area (Å²) in [6, 6.07) is 11.7. The molecule has 3 N–H and O–H groups in total. The van der Waals surface area contributed by atoms with Gasteiger partial charge in [0.2, 0.25) is 0 Å². The molecule has 0 spiro atoms. The van der Waals surface area contributed by atoms with E-state index in [4.69, 9.17) is 0 Å². The standard InChI is InChI=1S/C23H14F6IN5O.ClH/c24-22(25,26)12-6-13(23(27,28)29)8-17(7-12)35-21(36)34-16-3-1-2-15(10-16)33-20-18-9-14(30)4-5-19(18)31-11-32-20;/h1-11H,(H,31,32,33)(H2,34,35,36);1H. The number of benzene rings is 3. The molecule has 4 aromatic rings. The Labute approximate surface area is 225 Å². The third-order valence-corrected chi connectivity index (χ3v) is 5.50. The van der Waals surface area contributed by atoms with Crippen molar-refractivity contribution in [1.82, 2.24) is 9.97 Å². The van der Waals surface area contributed by atoms with Gasteiger partial charge in [-0.3, -0.25) is 0 Å². The number of fused-ring (bicyclic) bond motifs is 1. The molecule has 4 rings (SSSR count). The van der Waals surface area contributed by atoms with E-state index in [0.717, 1.165) is 8.96 Å². The molecule has 0 aliphatic heterocycles. The lowest BCUT2D eigenvalue weighted by Gasteiger charge is -2.15. The van der Waals surface area contributed by atoms with Crippen molar-refractivity contribution in [3.8, 4) is 0 Å². The minimum absolute atomic E-state index is 0. The molecule has 3 aromatic carbocycles. The van der Waals surface area contributed by atoms with Gasteiger partial charge in [-0.15, -0.1) is 12.4 Å². The van der Waals surface area contributed by atoms with Crippen molar-refractivity contribution in [2.24, 2.45) is 0 Å². The number of halogens is 8. The Balaban J connectivity index is 0.00000380. The number of rotatable bonds is 4. The largest absolute Gasteiger partial charge is 0.416 e. The van der Waals surface area contributed by atoms with Crippen LogP contribution < -0.4 is 16.0 Å². The lowest BCUT2D eigenvalue weighted by molar-refractivity contribution is -0.143. The van der Waals surface area contributed by atoms with E-state index in [-0.39, 0.29) is 24.2 Å². The first-order chi connectivity index (χ1) is 16.9. The third-order valence-electron chi connectivity index (χ3n) is 4.83. The van der Waals surface area contributed by atoms with Gasteiger partial charge in [-0.05, 0) is 77.2 Å². The van der Waals surface area contributed by atoms with Crippen molar-refractivity contribution < 1.29 is 31.1 Å². The molecule has 37 heavy (non-hydrogen) atoms. The molecule has 1 aromatic heterocycles. The highest BCUT2D eigenvalue weighted by molar-refractivity contribution is 14.1. The highest BCUT2D eigenvalue weighted by atomic mass is 127. The van der Waals surface area contributed by atoms with Crippen LogP contribution in [0.25, 0.3) is 10.9 Å². The average molecular weight is 654 g/mol. The Bertz CT molecular complexity index is 1420. The van der Waals surface area contributed by atoms with E-state index in [2.05, 4.69) is 43.2 Å². The van der Waals surface area contributed by atoms with Gasteiger partial charge < -0.3 is 16.0 Å². The van der Waals surface area contributed by atoms with Crippen LogP contribution in [0.1, 0.15) is 11.1 Å². The van der Waals surface area contributed by atoms with E-state index in [1.165, 1.54) is 18.5 Å². The van der Waals surface area contributed by atoms with Crippen molar-refractivity contribution in [3.63, 3.8) is 0 Å². The molecule has 1 heterocycles. The molecule has 0 radical (unpaired) electrons. The van der Waals surface area contributed by atoms with Gasteiger partial charge in [0.1, 0.15) is 12.1 Å². The Morgan fingerprint density at radius 2 is 1.38 bits per heavy atom. The second kappa shape index (κ2) is 11.0. The number of carbonyl (C=O) groups excluding carboxylic acids is 1. The van der Waals surface area contributed by atoms with E-state index in [9.17, 15) is 31.1 Å². The number of carbonyl (C=O) groups is 1. The summed E-state index contributed by atoms with van der Waals surface area (Å²) in [6.07, 6.45) is -8.67. The number of nitrogens with one attached hydrogen (secondary N) is 3. The first-order valence-electron chi connectivity index (χ1n) is 10.0. The van der Waals surface area contributed by atoms with Crippen LogP contribution in [-0.4, -0.2) is 16.0 Å². The normalized spacial score (nSPS) is 11.5. The summed E-state index contributed by atoms with van der Waals surface area (Å²) in [5.41, 5.74) is -2.28. The van der Waals surface area contributed by atoms with Crippen molar-refractivity contribution in [1.29, 1.82) is 0 Å². The molecule has 0 saturated carbocycles. The summed E-state index contributed by atoms with van der Waals surface area (Å²) in [5, 5.41) is 8.28. The number of anilines is 4. The van der Waals surface area contributed by atoms with E-state index in [1.54, 1.807) is 12.1 Å². The predicted molar refractivity (Wildman–Crippen MR) is 138 cm³/mol. The molecule has 0 aliphatic carbocycles. The summed E-state index contributed by atoms with van der Waals surface area (Å²) >= 11 is 2.15. The summed E-state index contributed by atoms with van der Waals surface area (Å²) < 4.78 is 79.3. The van der Waals surface area contributed by atoms with Crippen LogP contribution in [0.4, 0.5) is 54.0 Å². The van der Waals surface area contributed by atoms with Crippen LogP contribution in [-0.2, 0) is 12.4 Å². The van der Waals surface area contributed by atoms with Gasteiger partial charge in [-0.1, -0.05) is 6.07 Å². The Morgan fingerprint density at radius 1 is 0.757 bits per heavy atom. The van der Waals surface area contributed by atoms with Crippen LogP contribution in [0.2, 0.25) is 0 Å². The minimum Gasteiger partial charge on any atom is -0.340 e. The van der Waals surface area contributed by atoms with E-state index in [0.29, 0.717) is 29.2 Å². The van der Waals surface area contributed by atoms with Crippen LogP contribution in [0.15, 0.2) is 67.0 Å². The van der Waals surface area contributed by atoms with E-state index in [1.807, 2.05) is 23.5 Å². The molecule has 0 aliphatic rings. The molecule has 0 unspecified atom stereocenters. The molecule has 0 saturated heterocycles. The lowest BCUT2D eigenvalue weighted by Crippen LogP contribution is -2.20. The molecule has 0 bridgehead atoms. The van der Waals surface area contributed by atoms with Crippen LogP contribution in [0.5, 0.6) is 0 Å². The number of urea groups is 1. The van der Waals surface area contributed by atoms with Crippen molar-refractivity contribution in [2.45, 2.75) is 12.4 Å². The molecule has 6 nitrogen and oxygen atoms in total. The fourth-order valence-electron chi connectivity index (χ4n) is 3.26. The second-order valence-corrected chi connectivity index (χ2v) is 8.71. The zero-order valence-corrected chi connectivity index (χ0v) is 21.2. The zero-order valence-electron chi connectivity index (χ0n) is 18.2. The number of aromatic nitrogens is 2. The van der Waals surface area contributed by atoms with Crippen LogP contribution >= 0.6 is 35.0 Å². The van der Waals surface area contributed by atoms with E-state index >= 15 is 0 Å². The van der Waals surface area contributed by atoms with Crippen LogP contribution in [0.3, 0.4) is 0 Å². The van der Waals surface area contributed by atoms with Gasteiger partial charge in [0.25, 0.3) is 0 Å². The SMILES string of the molecule is Cl.O=C(Nc1cccc(Nc2ncnc3ccc(I)cc23)c1)Nc1cc(C(F)(F)F)cc(C(F)(F)F)c1. The summed E-state index contributed by atoms with van der Waals surface area (Å²) in [5.74, 6) is 0.503. The molecule has 14 heteroatoms. The van der Waals surface area contributed by atoms with Gasteiger partial charge in [0.15, 0.2) is 0 Å². The molecular formula is C23H15ClF6IN5O. The van der Waals surface area contributed by atoms with Gasteiger partial charge in [-0.2, -0.15) is 26.3 Å². The fraction of sp³-hybridized carbons (Fsp3) is 0.0870. The predicted octanol–water partition coefficient (Wildman–Crippen LogP) is 8.08. The quantitative estimate of drug-likeness (QED) is 0.154. The first kappa shape index (κ1) is 28.2. The fourth-order valence-corrected chi connectivity index (χ4v) is 3.75. The number of alkyl halides is 6. The first-order valence-corrected chi connectivity index (χ1v) is 11.1. The molecule has 0 fully saturated rings. The second-order valence-electron chi connectivity index (χ2n) is 7.46. The maximum atomic E-state index is 13.1. The molecule has 194 valence electrons. The summed E-state index contributed by atoms with van der Waals surface area (Å²) in [4.78, 5) is 20.8. The highest BCUT2D eigenvalue weighted by Crippen LogP contribution is 2.37. The van der Waals surface area contributed by atoms with E-state index < -0.39 is 35.2 Å². The topological polar surface area (TPSA) is 78.9 Å². The molecule has 0 atom stereocenters. The summed E-state index contributed by atoms with van der Waals surface area (Å²) in [7, 11) is 0. The summed E-state index contributed by atoms with van der Waals surface area (Å²) in [6.45, 7) is 0. The van der Waals surface area contributed by atoms with Crippen molar-refractivity contribution >= 4 is 74.8 Å².